The molecule has 0 radical (unpaired) electrons. The molecule has 0 atom stereocenters. The molecule has 2 nitrogen and oxygen atoms in total. The van der Waals surface area contributed by atoms with Crippen LogP contribution in [0.4, 0.5) is 20.2 Å². The van der Waals surface area contributed by atoms with Crippen molar-refractivity contribution in [3.8, 4) is 0 Å². The molecule has 0 fully saturated rings. The highest BCUT2D eigenvalue weighted by Gasteiger charge is 2.05. The minimum Gasteiger partial charge on any atom is -0.332 e. The molecule has 2 aromatic rings. The highest BCUT2D eigenvalue weighted by Crippen LogP contribution is 2.18. The SMILES string of the molecule is CC(C)c1ccc(NC(=S)Nc2ccc(F)c(F)c2)cc1. The van der Waals surface area contributed by atoms with Crippen LogP contribution in [0.25, 0.3) is 0 Å². The van der Waals surface area contributed by atoms with Gasteiger partial charge in [-0.2, -0.15) is 0 Å². The first kappa shape index (κ1) is 15.4. The molecule has 110 valence electrons. The van der Waals surface area contributed by atoms with Crippen molar-refractivity contribution >= 4 is 28.7 Å². The van der Waals surface area contributed by atoms with Gasteiger partial charge in [-0.1, -0.05) is 26.0 Å². The normalized spacial score (nSPS) is 10.5. The molecule has 0 aromatic heterocycles. The molecule has 0 aliphatic carbocycles. The first-order chi connectivity index (χ1) is 9.95. The molecule has 0 saturated heterocycles. The molecule has 0 aliphatic rings. The Balaban J connectivity index is 1.99. The summed E-state index contributed by atoms with van der Waals surface area (Å²) in [4.78, 5) is 0. The molecule has 0 amide bonds. The molecule has 0 spiro atoms. The Morgan fingerprint density at radius 3 is 2.05 bits per heavy atom. The van der Waals surface area contributed by atoms with Crippen molar-refractivity contribution in [3.05, 3.63) is 59.7 Å². The van der Waals surface area contributed by atoms with E-state index in [1.807, 2.05) is 24.3 Å². The predicted molar refractivity (Wildman–Crippen MR) is 86.7 cm³/mol. The Morgan fingerprint density at radius 2 is 1.48 bits per heavy atom. The molecule has 0 aliphatic heterocycles. The van der Waals surface area contributed by atoms with Gasteiger partial charge < -0.3 is 10.6 Å². The van der Waals surface area contributed by atoms with Gasteiger partial charge in [-0.15, -0.1) is 0 Å². The van der Waals surface area contributed by atoms with Gasteiger partial charge in [-0.25, -0.2) is 8.78 Å². The maximum absolute atomic E-state index is 13.1. The van der Waals surface area contributed by atoms with Crippen molar-refractivity contribution in [2.24, 2.45) is 0 Å². The summed E-state index contributed by atoms with van der Waals surface area (Å²) in [7, 11) is 0. The summed E-state index contributed by atoms with van der Waals surface area (Å²) < 4.78 is 25.9. The lowest BCUT2D eigenvalue weighted by Gasteiger charge is -2.12. The van der Waals surface area contributed by atoms with Crippen molar-refractivity contribution < 1.29 is 8.78 Å². The summed E-state index contributed by atoms with van der Waals surface area (Å²) in [5.41, 5.74) is 2.46. The maximum atomic E-state index is 13.1. The summed E-state index contributed by atoms with van der Waals surface area (Å²) in [6, 6.07) is 11.4. The molecular formula is C16H16F2N2S. The van der Waals surface area contributed by atoms with Crippen LogP contribution in [0.3, 0.4) is 0 Å². The van der Waals surface area contributed by atoms with Crippen LogP contribution in [0.15, 0.2) is 42.5 Å². The molecular weight excluding hydrogens is 290 g/mol. The number of hydrogen-bond donors (Lipinski definition) is 2. The van der Waals surface area contributed by atoms with Gasteiger partial charge in [0.15, 0.2) is 16.7 Å². The zero-order valence-electron chi connectivity index (χ0n) is 11.8. The van der Waals surface area contributed by atoms with Crippen LogP contribution in [0.1, 0.15) is 25.3 Å². The fourth-order valence-corrected chi connectivity index (χ4v) is 2.05. The summed E-state index contributed by atoms with van der Waals surface area (Å²) in [5, 5.41) is 6.12. The van der Waals surface area contributed by atoms with Crippen molar-refractivity contribution in [1.29, 1.82) is 0 Å². The van der Waals surface area contributed by atoms with Gasteiger partial charge in [0, 0.05) is 17.4 Å². The van der Waals surface area contributed by atoms with E-state index in [1.165, 1.54) is 11.6 Å². The zero-order chi connectivity index (χ0) is 15.4. The molecule has 2 rings (SSSR count). The number of nitrogens with one attached hydrogen (secondary N) is 2. The van der Waals surface area contributed by atoms with E-state index < -0.39 is 11.6 Å². The Labute approximate surface area is 128 Å². The van der Waals surface area contributed by atoms with Gasteiger partial charge >= 0.3 is 0 Å². The number of halogens is 2. The zero-order valence-corrected chi connectivity index (χ0v) is 12.6. The monoisotopic (exact) mass is 306 g/mol. The summed E-state index contributed by atoms with van der Waals surface area (Å²) >= 11 is 5.14. The van der Waals surface area contributed by atoms with Crippen LogP contribution < -0.4 is 10.6 Å². The molecule has 21 heavy (non-hydrogen) atoms. The molecule has 0 unspecified atom stereocenters. The van der Waals surface area contributed by atoms with E-state index in [2.05, 4.69) is 24.5 Å². The minimum atomic E-state index is -0.913. The Morgan fingerprint density at radius 1 is 0.905 bits per heavy atom. The third-order valence-corrected chi connectivity index (χ3v) is 3.22. The Hall–Kier alpha value is -2.01. The lowest BCUT2D eigenvalue weighted by atomic mass is 10.0. The number of thiocarbonyl (C=S) groups is 1. The smallest absolute Gasteiger partial charge is 0.175 e. The third kappa shape index (κ3) is 4.23. The van der Waals surface area contributed by atoms with Gasteiger partial charge in [0.05, 0.1) is 0 Å². The Kier molecular flexibility index (Phi) is 4.85. The van der Waals surface area contributed by atoms with Gasteiger partial charge in [-0.05, 0) is 48.0 Å². The average molecular weight is 306 g/mol. The standard InChI is InChI=1S/C16H16F2N2S/c1-10(2)11-3-5-12(6-4-11)19-16(21)20-13-7-8-14(17)15(18)9-13/h3-10H,1-2H3,(H2,19,20,21). The lowest BCUT2D eigenvalue weighted by molar-refractivity contribution is 0.509. The largest absolute Gasteiger partial charge is 0.332 e. The summed E-state index contributed by atoms with van der Waals surface area (Å²) in [6.45, 7) is 4.25. The van der Waals surface area contributed by atoms with E-state index in [9.17, 15) is 8.78 Å². The van der Waals surface area contributed by atoms with Gasteiger partial charge in [0.2, 0.25) is 0 Å². The second kappa shape index (κ2) is 6.63. The van der Waals surface area contributed by atoms with E-state index >= 15 is 0 Å². The first-order valence-corrected chi connectivity index (χ1v) is 6.99. The fourth-order valence-electron chi connectivity index (χ4n) is 1.82. The van der Waals surface area contributed by atoms with Crippen LogP contribution in [-0.2, 0) is 0 Å². The van der Waals surface area contributed by atoms with Gasteiger partial charge in [-0.3, -0.25) is 0 Å². The molecule has 0 saturated carbocycles. The number of benzene rings is 2. The summed E-state index contributed by atoms with van der Waals surface area (Å²) in [6.07, 6.45) is 0. The minimum absolute atomic E-state index is 0.318. The van der Waals surface area contributed by atoms with E-state index in [0.29, 0.717) is 16.7 Å². The van der Waals surface area contributed by atoms with Crippen LogP contribution >= 0.6 is 12.2 Å². The van der Waals surface area contributed by atoms with E-state index in [-0.39, 0.29) is 0 Å². The van der Waals surface area contributed by atoms with E-state index in [1.54, 1.807) is 0 Å². The average Bonchev–Trinajstić information content (AvgIpc) is 2.43. The molecule has 2 N–H and O–H groups in total. The number of anilines is 2. The number of rotatable bonds is 3. The van der Waals surface area contributed by atoms with Gasteiger partial charge in [0.25, 0.3) is 0 Å². The molecule has 5 heteroatoms. The molecule has 0 bridgehead atoms. The predicted octanol–water partition coefficient (Wildman–Crippen LogP) is 4.90. The maximum Gasteiger partial charge on any atom is 0.175 e. The van der Waals surface area contributed by atoms with Crippen molar-refractivity contribution in [1.82, 2.24) is 0 Å². The molecule has 2 aromatic carbocycles. The van der Waals surface area contributed by atoms with Crippen molar-refractivity contribution in [2.45, 2.75) is 19.8 Å². The topological polar surface area (TPSA) is 24.1 Å². The second-order valence-corrected chi connectivity index (χ2v) is 5.39. The van der Waals surface area contributed by atoms with Crippen LogP contribution in [-0.4, -0.2) is 5.11 Å². The summed E-state index contributed by atoms with van der Waals surface area (Å²) in [5.74, 6) is -1.33. The quantitative estimate of drug-likeness (QED) is 0.789. The van der Waals surface area contributed by atoms with Crippen LogP contribution in [0.2, 0.25) is 0 Å². The van der Waals surface area contributed by atoms with Crippen molar-refractivity contribution in [3.63, 3.8) is 0 Å². The highest BCUT2D eigenvalue weighted by molar-refractivity contribution is 7.80. The highest BCUT2D eigenvalue weighted by atomic mass is 32.1. The number of hydrogen-bond acceptors (Lipinski definition) is 1. The van der Waals surface area contributed by atoms with E-state index in [4.69, 9.17) is 12.2 Å². The van der Waals surface area contributed by atoms with Gasteiger partial charge in [0.1, 0.15) is 0 Å². The van der Waals surface area contributed by atoms with E-state index in [0.717, 1.165) is 17.8 Å². The Bertz CT molecular complexity index is 639. The lowest BCUT2D eigenvalue weighted by Crippen LogP contribution is -2.19. The third-order valence-electron chi connectivity index (χ3n) is 3.01. The van der Waals surface area contributed by atoms with Crippen LogP contribution in [0.5, 0.6) is 0 Å². The van der Waals surface area contributed by atoms with Crippen molar-refractivity contribution in [2.75, 3.05) is 10.6 Å². The molecule has 0 heterocycles. The first-order valence-electron chi connectivity index (χ1n) is 6.58. The second-order valence-electron chi connectivity index (χ2n) is 4.98. The fraction of sp³-hybridized carbons (Fsp3) is 0.188. The van der Waals surface area contributed by atoms with Crippen LogP contribution in [0, 0.1) is 11.6 Å².